The van der Waals surface area contributed by atoms with Crippen molar-refractivity contribution in [2.75, 3.05) is 13.1 Å². The molecule has 1 N–H and O–H groups in total. The third-order valence-corrected chi connectivity index (χ3v) is 2.62. The number of hydrogen-bond acceptors (Lipinski definition) is 2. The molecule has 0 aromatic carbocycles. The molecule has 6 heteroatoms. The molecule has 1 aliphatic heterocycles. The van der Waals surface area contributed by atoms with E-state index in [9.17, 15) is 9.59 Å². The number of carbonyl (C=O) groups is 2. The number of urea groups is 1. The number of halogens is 2. The molecule has 1 heterocycles. The molecular formula is C7H10Cl2N2O2. The number of alkyl halides is 2. The highest BCUT2D eigenvalue weighted by Crippen LogP contribution is 2.26. The third-order valence-electron chi connectivity index (χ3n) is 1.84. The van der Waals surface area contributed by atoms with Crippen molar-refractivity contribution in [3.05, 3.63) is 0 Å². The van der Waals surface area contributed by atoms with Gasteiger partial charge in [-0.2, -0.15) is 0 Å². The van der Waals surface area contributed by atoms with Crippen LogP contribution in [0, 0.1) is 0 Å². The molecule has 4 nitrogen and oxygen atoms in total. The SMILES string of the molecule is CCC(Cl)(Cl)CN1C(=O)CNC1=O. The number of nitrogens with one attached hydrogen (secondary N) is 1. The van der Waals surface area contributed by atoms with Gasteiger partial charge in [-0.15, -0.1) is 0 Å². The molecular weight excluding hydrogens is 215 g/mol. The summed E-state index contributed by atoms with van der Waals surface area (Å²) < 4.78 is -1.04. The normalized spacial score (nSPS) is 17.9. The molecule has 13 heavy (non-hydrogen) atoms. The zero-order valence-electron chi connectivity index (χ0n) is 7.14. The summed E-state index contributed by atoms with van der Waals surface area (Å²) in [6.07, 6.45) is 0.479. The van der Waals surface area contributed by atoms with Gasteiger partial charge in [0.05, 0.1) is 13.1 Å². The number of rotatable bonds is 3. The molecule has 1 aliphatic rings. The van der Waals surface area contributed by atoms with Crippen molar-refractivity contribution >= 4 is 35.1 Å². The minimum absolute atomic E-state index is 0.0341. The van der Waals surface area contributed by atoms with Crippen LogP contribution < -0.4 is 5.32 Å². The van der Waals surface area contributed by atoms with E-state index in [-0.39, 0.29) is 19.0 Å². The van der Waals surface area contributed by atoms with Gasteiger partial charge in [-0.3, -0.25) is 9.69 Å². The van der Waals surface area contributed by atoms with E-state index in [2.05, 4.69) is 5.32 Å². The zero-order valence-corrected chi connectivity index (χ0v) is 8.65. The van der Waals surface area contributed by atoms with Crippen molar-refractivity contribution in [1.29, 1.82) is 0 Å². The summed E-state index contributed by atoms with van der Waals surface area (Å²) >= 11 is 11.6. The van der Waals surface area contributed by atoms with Crippen LogP contribution in [0.15, 0.2) is 0 Å². The Morgan fingerprint density at radius 2 is 2.15 bits per heavy atom. The third kappa shape index (κ3) is 2.48. The summed E-state index contributed by atoms with van der Waals surface area (Å²) in [6.45, 7) is 1.86. The van der Waals surface area contributed by atoms with Crippen LogP contribution in [-0.4, -0.2) is 34.3 Å². The van der Waals surface area contributed by atoms with Gasteiger partial charge < -0.3 is 5.32 Å². The van der Waals surface area contributed by atoms with Gasteiger partial charge in [-0.25, -0.2) is 4.79 Å². The number of imide groups is 1. The van der Waals surface area contributed by atoms with Crippen LogP contribution in [0.3, 0.4) is 0 Å². The predicted octanol–water partition coefficient (Wildman–Crippen LogP) is 1.12. The minimum atomic E-state index is -1.04. The number of hydrogen-bond donors (Lipinski definition) is 1. The first-order valence-electron chi connectivity index (χ1n) is 3.92. The van der Waals surface area contributed by atoms with E-state index in [1.807, 2.05) is 0 Å². The smallest absolute Gasteiger partial charge is 0.324 e. The summed E-state index contributed by atoms with van der Waals surface area (Å²) in [4.78, 5) is 23.2. The first-order chi connectivity index (χ1) is 5.96. The Morgan fingerprint density at radius 3 is 2.54 bits per heavy atom. The maximum absolute atomic E-state index is 11.1. The van der Waals surface area contributed by atoms with Gasteiger partial charge in [0.1, 0.15) is 4.33 Å². The van der Waals surface area contributed by atoms with Crippen molar-refractivity contribution in [1.82, 2.24) is 10.2 Å². The Kier molecular flexibility index (Phi) is 3.03. The highest BCUT2D eigenvalue weighted by atomic mass is 35.5. The van der Waals surface area contributed by atoms with Crippen molar-refractivity contribution < 1.29 is 9.59 Å². The summed E-state index contributed by atoms with van der Waals surface area (Å²) in [6, 6.07) is -0.427. The molecule has 3 amide bonds. The lowest BCUT2D eigenvalue weighted by Gasteiger charge is -2.22. The lowest BCUT2D eigenvalue weighted by Crippen LogP contribution is -2.39. The highest BCUT2D eigenvalue weighted by molar-refractivity contribution is 6.48. The molecule has 0 unspecified atom stereocenters. The van der Waals surface area contributed by atoms with E-state index in [0.29, 0.717) is 6.42 Å². The Bertz CT molecular complexity index is 227. The molecule has 0 aromatic rings. The van der Waals surface area contributed by atoms with E-state index in [4.69, 9.17) is 23.2 Å². The molecule has 74 valence electrons. The van der Waals surface area contributed by atoms with E-state index in [1.54, 1.807) is 6.92 Å². The van der Waals surface area contributed by atoms with Crippen LogP contribution in [0.5, 0.6) is 0 Å². The first kappa shape index (κ1) is 10.6. The van der Waals surface area contributed by atoms with Crippen LogP contribution >= 0.6 is 23.2 Å². The highest BCUT2D eigenvalue weighted by Gasteiger charge is 2.35. The van der Waals surface area contributed by atoms with Crippen molar-refractivity contribution in [2.24, 2.45) is 0 Å². The van der Waals surface area contributed by atoms with Crippen LogP contribution in [0.25, 0.3) is 0 Å². The molecule has 1 saturated heterocycles. The second-order valence-electron chi connectivity index (χ2n) is 2.85. The van der Waals surface area contributed by atoms with Crippen molar-refractivity contribution in [3.8, 4) is 0 Å². The molecule has 0 saturated carbocycles. The second kappa shape index (κ2) is 3.72. The van der Waals surface area contributed by atoms with Crippen molar-refractivity contribution in [3.63, 3.8) is 0 Å². The molecule has 0 aromatic heterocycles. The van der Waals surface area contributed by atoms with Crippen molar-refractivity contribution in [2.45, 2.75) is 17.7 Å². The number of carbonyl (C=O) groups excluding carboxylic acids is 2. The van der Waals surface area contributed by atoms with Crippen LogP contribution in [-0.2, 0) is 4.79 Å². The Hall–Kier alpha value is -0.480. The molecule has 0 radical (unpaired) electrons. The Balaban J connectivity index is 2.62. The van der Waals surface area contributed by atoms with Crippen LogP contribution in [0.4, 0.5) is 4.79 Å². The molecule has 0 atom stereocenters. The summed E-state index contributed by atoms with van der Waals surface area (Å²) in [5.41, 5.74) is 0. The molecule has 0 aliphatic carbocycles. The monoisotopic (exact) mass is 224 g/mol. The van der Waals surface area contributed by atoms with Gasteiger partial charge >= 0.3 is 6.03 Å². The van der Waals surface area contributed by atoms with Gasteiger partial charge in [0.15, 0.2) is 0 Å². The lowest BCUT2D eigenvalue weighted by molar-refractivity contribution is -0.125. The summed E-state index contributed by atoms with van der Waals surface area (Å²) in [5, 5.41) is 2.39. The van der Waals surface area contributed by atoms with Gasteiger partial charge in [0.25, 0.3) is 0 Å². The van der Waals surface area contributed by atoms with E-state index in [0.717, 1.165) is 4.90 Å². The maximum atomic E-state index is 11.1. The second-order valence-corrected chi connectivity index (χ2v) is 4.49. The number of amides is 3. The quantitative estimate of drug-likeness (QED) is 0.578. The van der Waals surface area contributed by atoms with E-state index in [1.165, 1.54) is 0 Å². The lowest BCUT2D eigenvalue weighted by atomic mass is 10.3. The van der Waals surface area contributed by atoms with Gasteiger partial charge in [-0.1, -0.05) is 30.1 Å². The summed E-state index contributed by atoms with van der Waals surface area (Å²) in [7, 11) is 0. The zero-order chi connectivity index (χ0) is 10.1. The topological polar surface area (TPSA) is 49.4 Å². The van der Waals surface area contributed by atoms with Crippen LogP contribution in [0.2, 0.25) is 0 Å². The maximum Gasteiger partial charge on any atom is 0.324 e. The van der Waals surface area contributed by atoms with Crippen LogP contribution in [0.1, 0.15) is 13.3 Å². The fourth-order valence-corrected chi connectivity index (χ4v) is 1.20. The fourth-order valence-electron chi connectivity index (χ4n) is 0.958. The Labute approximate surface area is 86.2 Å². The predicted molar refractivity (Wildman–Crippen MR) is 49.8 cm³/mol. The standard InChI is InChI=1S/C7H10Cl2N2O2/c1-2-7(8,9)4-11-5(12)3-10-6(11)13/h2-4H2,1H3,(H,10,13). The van der Waals surface area contributed by atoms with E-state index >= 15 is 0 Å². The number of nitrogens with zero attached hydrogens (tertiary/aromatic N) is 1. The molecule has 1 rings (SSSR count). The Morgan fingerprint density at radius 1 is 1.54 bits per heavy atom. The summed E-state index contributed by atoms with van der Waals surface area (Å²) in [5.74, 6) is -0.288. The van der Waals surface area contributed by atoms with Gasteiger partial charge in [-0.05, 0) is 6.42 Å². The van der Waals surface area contributed by atoms with Gasteiger partial charge in [0, 0.05) is 0 Å². The molecule has 1 fully saturated rings. The van der Waals surface area contributed by atoms with E-state index < -0.39 is 10.4 Å². The fraction of sp³-hybridized carbons (Fsp3) is 0.714. The molecule has 0 bridgehead atoms. The first-order valence-corrected chi connectivity index (χ1v) is 4.68. The minimum Gasteiger partial charge on any atom is -0.329 e. The average Bonchev–Trinajstić information content (AvgIpc) is 2.36. The molecule has 0 spiro atoms. The average molecular weight is 225 g/mol. The largest absolute Gasteiger partial charge is 0.329 e. The van der Waals surface area contributed by atoms with Gasteiger partial charge in [0.2, 0.25) is 5.91 Å².